The van der Waals surface area contributed by atoms with Gasteiger partial charge >= 0.3 is 5.97 Å². The Balaban J connectivity index is 1.48. The normalized spacial score (nSPS) is 25.8. The van der Waals surface area contributed by atoms with Crippen LogP contribution in [-0.4, -0.2) is 51.3 Å². The van der Waals surface area contributed by atoms with Gasteiger partial charge in [-0.3, -0.25) is 19.2 Å². The first-order chi connectivity index (χ1) is 12.1. The van der Waals surface area contributed by atoms with Gasteiger partial charge in [0.1, 0.15) is 5.41 Å². The van der Waals surface area contributed by atoms with Gasteiger partial charge in [-0.1, -0.05) is 24.3 Å². The van der Waals surface area contributed by atoms with Crippen molar-refractivity contribution in [1.82, 2.24) is 20.0 Å². The number of nitrogens with zero attached hydrogens (tertiary/aromatic N) is 3. The number of amides is 1. The minimum Gasteiger partial charge on any atom is -0.481 e. The van der Waals surface area contributed by atoms with Gasteiger partial charge in [-0.25, -0.2) is 0 Å². The number of aliphatic carboxylic acids is 1. The lowest BCUT2D eigenvalue weighted by Gasteiger charge is -2.22. The monoisotopic (exact) mass is 340 g/mol. The van der Waals surface area contributed by atoms with Crippen molar-refractivity contribution in [2.45, 2.75) is 13.1 Å². The molecule has 1 amide bonds. The Bertz CT molecular complexity index is 804. The number of carbonyl (C=O) groups excluding carboxylic acids is 1. The first-order valence-corrected chi connectivity index (χ1v) is 8.35. The number of hydrogen-bond acceptors (Lipinski definition) is 4. The molecular formula is C18H20N4O3. The van der Waals surface area contributed by atoms with Crippen molar-refractivity contribution in [3.63, 3.8) is 0 Å². The van der Waals surface area contributed by atoms with Crippen LogP contribution >= 0.6 is 0 Å². The standard InChI is InChI=1S/C18H20N4O3/c23-16-15-10-21(12-18(15,11-19-16)17(24)25)8-13-3-1-4-14(7-13)9-22-6-2-5-20-22/h1-7,15H,8-12H2,(H,19,23)(H,24,25)/t15-,18+/m0/s1. The van der Waals surface area contributed by atoms with E-state index in [2.05, 4.69) is 27.4 Å². The van der Waals surface area contributed by atoms with Gasteiger partial charge in [-0.15, -0.1) is 0 Å². The lowest BCUT2D eigenvalue weighted by Crippen LogP contribution is -2.40. The van der Waals surface area contributed by atoms with Gasteiger partial charge in [0, 0.05) is 38.6 Å². The number of hydrogen-bond donors (Lipinski definition) is 2. The van der Waals surface area contributed by atoms with E-state index in [0.717, 1.165) is 11.1 Å². The van der Waals surface area contributed by atoms with Gasteiger partial charge in [0.25, 0.3) is 0 Å². The van der Waals surface area contributed by atoms with Crippen LogP contribution in [0.2, 0.25) is 0 Å². The fourth-order valence-corrected chi connectivity index (χ4v) is 3.97. The zero-order chi connectivity index (χ0) is 17.4. The summed E-state index contributed by atoms with van der Waals surface area (Å²) in [5.74, 6) is -1.49. The Morgan fingerprint density at radius 1 is 1.32 bits per heavy atom. The molecule has 4 rings (SSSR count). The second kappa shape index (κ2) is 6.00. The molecule has 1 aromatic heterocycles. The predicted octanol–water partition coefficient (Wildman–Crippen LogP) is 0.564. The molecule has 130 valence electrons. The summed E-state index contributed by atoms with van der Waals surface area (Å²) < 4.78 is 1.86. The summed E-state index contributed by atoms with van der Waals surface area (Å²) in [5, 5.41) is 16.6. The van der Waals surface area contributed by atoms with E-state index in [4.69, 9.17) is 0 Å². The van der Waals surface area contributed by atoms with E-state index < -0.39 is 17.3 Å². The van der Waals surface area contributed by atoms with Crippen molar-refractivity contribution < 1.29 is 14.7 Å². The third-order valence-corrected chi connectivity index (χ3v) is 5.24. The smallest absolute Gasteiger partial charge is 0.313 e. The minimum absolute atomic E-state index is 0.141. The van der Waals surface area contributed by atoms with Crippen LogP contribution in [0.15, 0.2) is 42.7 Å². The molecule has 2 atom stereocenters. The Morgan fingerprint density at radius 2 is 2.12 bits per heavy atom. The zero-order valence-corrected chi connectivity index (χ0v) is 13.8. The first kappa shape index (κ1) is 15.8. The first-order valence-electron chi connectivity index (χ1n) is 8.35. The molecule has 0 saturated carbocycles. The predicted molar refractivity (Wildman–Crippen MR) is 89.6 cm³/mol. The Hall–Kier alpha value is -2.67. The number of benzene rings is 1. The van der Waals surface area contributed by atoms with E-state index in [1.54, 1.807) is 6.20 Å². The molecule has 7 nitrogen and oxygen atoms in total. The Labute approximate surface area is 145 Å². The number of nitrogens with one attached hydrogen (secondary N) is 1. The van der Waals surface area contributed by atoms with Gasteiger partial charge in [0.05, 0.1) is 12.5 Å². The lowest BCUT2D eigenvalue weighted by molar-refractivity contribution is -0.149. The molecule has 0 aliphatic carbocycles. The van der Waals surface area contributed by atoms with Crippen molar-refractivity contribution in [1.29, 1.82) is 0 Å². The number of carbonyl (C=O) groups is 2. The second-order valence-electron chi connectivity index (χ2n) is 6.92. The summed E-state index contributed by atoms with van der Waals surface area (Å²) in [6.07, 6.45) is 3.67. The molecule has 1 aromatic carbocycles. The topological polar surface area (TPSA) is 87.5 Å². The van der Waals surface area contributed by atoms with Crippen LogP contribution < -0.4 is 5.32 Å². The summed E-state index contributed by atoms with van der Waals surface area (Å²) >= 11 is 0. The van der Waals surface area contributed by atoms with Crippen LogP contribution in [0.25, 0.3) is 0 Å². The van der Waals surface area contributed by atoms with Crippen LogP contribution in [0, 0.1) is 11.3 Å². The highest BCUT2D eigenvalue weighted by Gasteiger charge is 2.59. The van der Waals surface area contributed by atoms with Crippen LogP contribution in [0.4, 0.5) is 0 Å². The van der Waals surface area contributed by atoms with Crippen molar-refractivity contribution >= 4 is 11.9 Å². The molecule has 0 bridgehead atoms. The van der Waals surface area contributed by atoms with E-state index in [1.807, 2.05) is 29.1 Å². The average Bonchev–Trinajstić information content (AvgIpc) is 3.27. The summed E-state index contributed by atoms with van der Waals surface area (Å²) in [6.45, 7) is 2.45. The van der Waals surface area contributed by atoms with Gasteiger partial charge in [-0.2, -0.15) is 5.10 Å². The number of aromatic nitrogens is 2. The van der Waals surface area contributed by atoms with E-state index in [9.17, 15) is 14.7 Å². The molecule has 2 N–H and O–H groups in total. The highest BCUT2D eigenvalue weighted by atomic mass is 16.4. The highest BCUT2D eigenvalue weighted by Crippen LogP contribution is 2.40. The number of carboxylic acids is 1. The molecule has 2 aromatic rings. The van der Waals surface area contributed by atoms with E-state index in [1.165, 1.54) is 0 Å². The molecule has 7 heteroatoms. The van der Waals surface area contributed by atoms with Crippen molar-refractivity contribution in [2.24, 2.45) is 11.3 Å². The molecule has 2 aliphatic rings. The zero-order valence-electron chi connectivity index (χ0n) is 13.8. The summed E-state index contributed by atoms with van der Waals surface area (Å²) in [4.78, 5) is 25.8. The van der Waals surface area contributed by atoms with Crippen molar-refractivity contribution in [3.05, 3.63) is 53.9 Å². The van der Waals surface area contributed by atoms with Crippen molar-refractivity contribution in [2.75, 3.05) is 19.6 Å². The maximum Gasteiger partial charge on any atom is 0.313 e. The number of rotatable bonds is 5. The van der Waals surface area contributed by atoms with E-state index in [-0.39, 0.29) is 12.5 Å². The molecule has 0 unspecified atom stereocenters. The number of fused-ring (bicyclic) bond motifs is 1. The van der Waals surface area contributed by atoms with Crippen LogP contribution in [-0.2, 0) is 22.7 Å². The fourth-order valence-electron chi connectivity index (χ4n) is 3.97. The van der Waals surface area contributed by atoms with Crippen LogP contribution in [0.3, 0.4) is 0 Å². The molecule has 2 fully saturated rings. The third kappa shape index (κ3) is 2.80. The van der Waals surface area contributed by atoms with Gasteiger partial charge < -0.3 is 10.4 Å². The van der Waals surface area contributed by atoms with Crippen LogP contribution in [0.1, 0.15) is 11.1 Å². The number of carboxylic acid groups (broad SMARTS) is 1. The lowest BCUT2D eigenvalue weighted by atomic mass is 9.81. The van der Waals surface area contributed by atoms with Crippen LogP contribution in [0.5, 0.6) is 0 Å². The maximum absolute atomic E-state index is 12.0. The third-order valence-electron chi connectivity index (χ3n) is 5.24. The minimum atomic E-state index is -0.982. The van der Waals surface area contributed by atoms with E-state index in [0.29, 0.717) is 26.2 Å². The molecule has 25 heavy (non-hydrogen) atoms. The molecule has 0 radical (unpaired) electrons. The highest BCUT2D eigenvalue weighted by molar-refractivity contribution is 5.92. The summed E-state index contributed by atoms with van der Waals surface area (Å²) in [6, 6.07) is 10.1. The van der Waals surface area contributed by atoms with Gasteiger partial charge in [0.2, 0.25) is 5.91 Å². The second-order valence-corrected chi connectivity index (χ2v) is 6.92. The molecule has 3 heterocycles. The molecule has 2 aliphatic heterocycles. The summed E-state index contributed by atoms with van der Waals surface area (Å²) in [5.41, 5.74) is 1.28. The van der Waals surface area contributed by atoms with Gasteiger partial charge in [-0.05, 0) is 17.2 Å². The largest absolute Gasteiger partial charge is 0.481 e. The van der Waals surface area contributed by atoms with Crippen molar-refractivity contribution in [3.8, 4) is 0 Å². The van der Waals surface area contributed by atoms with Gasteiger partial charge in [0.15, 0.2) is 0 Å². The molecular weight excluding hydrogens is 320 g/mol. The number of likely N-dealkylation sites (tertiary alicyclic amines) is 1. The summed E-state index contributed by atoms with van der Waals surface area (Å²) in [7, 11) is 0. The fraction of sp³-hybridized carbons (Fsp3) is 0.389. The molecule has 0 spiro atoms. The Kier molecular flexibility index (Phi) is 3.80. The quantitative estimate of drug-likeness (QED) is 0.831. The van der Waals surface area contributed by atoms with E-state index >= 15 is 0 Å². The average molecular weight is 340 g/mol. The maximum atomic E-state index is 12.0. The Morgan fingerprint density at radius 3 is 2.80 bits per heavy atom. The molecule has 2 saturated heterocycles. The SMILES string of the molecule is O=C1NC[C@@]2(C(=O)O)CN(Cc3cccc(Cn4cccn4)c3)C[C@@H]12.